The molecule has 8 nitrogen and oxygen atoms in total. The lowest BCUT2D eigenvalue weighted by atomic mass is 9.90. The van der Waals surface area contributed by atoms with Gasteiger partial charge in [0.05, 0.1) is 17.0 Å². The summed E-state index contributed by atoms with van der Waals surface area (Å²) >= 11 is 6.16. The monoisotopic (exact) mass is 469 g/mol. The highest BCUT2D eigenvalue weighted by Gasteiger charge is 2.61. The average Bonchev–Trinajstić information content (AvgIpc) is 3.42. The Bertz CT molecular complexity index is 1400. The van der Waals surface area contributed by atoms with Gasteiger partial charge in [-0.25, -0.2) is 19.3 Å². The summed E-state index contributed by atoms with van der Waals surface area (Å²) in [5.74, 6) is -0.702. The van der Waals surface area contributed by atoms with Gasteiger partial charge in [0.15, 0.2) is 17.9 Å². The minimum Gasteiger partial charge on any atom is -0.385 e. The summed E-state index contributed by atoms with van der Waals surface area (Å²) in [6, 6.07) is 8.74. The molecule has 1 aliphatic carbocycles. The zero-order chi connectivity index (χ0) is 22.9. The van der Waals surface area contributed by atoms with E-state index in [1.807, 2.05) is 18.2 Å². The third-order valence-corrected chi connectivity index (χ3v) is 7.30. The van der Waals surface area contributed by atoms with Gasteiger partial charge < -0.3 is 25.3 Å². The molecule has 2 fully saturated rings. The molecule has 1 saturated heterocycles. The van der Waals surface area contributed by atoms with Gasteiger partial charge in [-0.3, -0.25) is 0 Å². The summed E-state index contributed by atoms with van der Waals surface area (Å²) in [6.45, 7) is 0. The molecule has 4 N–H and O–H groups in total. The number of pyridine rings is 1. The van der Waals surface area contributed by atoms with E-state index in [-0.39, 0.29) is 11.7 Å². The lowest BCUT2D eigenvalue weighted by Gasteiger charge is -2.26. The molecule has 4 aromatic rings. The summed E-state index contributed by atoms with van der Waals surface area (Å²) in [6.07, 6.45) is 2.33. The average molecular weight is 470 g/mol. The summed E-state index contributed by atoms with van der Waals surface area (Å²) in [5, 5.41) is 24.1. The molecule has 1 aliphatic heterocycles. The quantitative estimate of drug-likeness (QED) is 0.394. The molecule has 0 amide bonds. The van der Waals surface area contributed by atoms with Gasteiger partial charge in [-0.15, -0.1) is 0 Å². The molecule has 3 aromatic heterocycles. The highest BCUT2D eigenvalue weighted by Crippen LogP contribution is 2.50. The van der Waals surface area contributed by atoms with E-state index in [9.17, 15) is 14.6 Å². The summed E-state index contributed by atoms with van der Waals surface area (Å²) in [7, 11) is 0. The zero-order valence-corrected chi connectivity index (χ0v) is 18.2. The molecule has 5 atom stereocenters. The molecule has 1 unspecified atom stereocenters. The molecular weight excluding hydrogens is 449 g/mol. The number of aliphatic hydroxyl groups excluding tert-OH is 1. The highest BCUT2D eigenvalue weighted by molar-refractivity contribution is 6.33. The van der Waals surface area contributed by atoms with Gasteiger partial charge in [0.1, 0.15) is 28.8 Å². The van der Waals surface area contributed by atoms with Gasteiger partial charge in [-0.2, -0.15) is 0 Å². The van der Waals surface area contributed by atoms with Crippen molar-refractivity contribution in [1.29, 1.82) is 0 Å². The van der Waals surface area contributed by atoms with Crippen LogP contribution in [0, 0.1) is 11.7 Å². The number of hydrogen-bond donors (Lipinski definition) is 3. The van der Waals surface area contributed by atoms with E-state index in [4.69, 9.17) is 22.1 Å². The standard InChI is InChI=1S/C23H21ClFN5O3/c24-19-14-4-6-30(21(14)28-10-27-19)22-17(31)23(32)5-3-13(18(23)33-22)7-11-1-2-12-9-15(25)20(26)29-16(12)8-11/h1-2,4,6,8-10,13,17-18,22,31-32H,3,5,7H2,(H2,26,29)/t13?,17-,18+,22+,23-/m0/s1. The predicted molar refractivity (Wildman–Crippen MR) is 120 cm³/mol. The molecule has 33 heavy (non-hydrogen) atoms. The van der Waals surface area contributed by atoms with Crippen molar-refractivity contribution in [3.05, 3.63) is 59.4 Å². The minimum atomic E-state index is -1.37. The Morgan fingerprint density at radius 2 is 2.12 bits per heavy atom. The van der Waals surface area contributed by atoms with Crippen LogP contribution in [0.1, 0.15) is 24.6 Å². The number of hydrogen-bond acceptors (Lipinski definition) is 7. The Balaban J connectivity index is 1.29. The van der Waals surface area contributed by atoms with E-state index < -0.39 is 29.9 Å². The number of nitrogens with zero attached hydrogens (tertiary/aromatic N) is 4. The first-order chi connectivity index (χ1) is 15.8. The maximum absolute atomic E-state index is 13.7. The first-order valence-corrected chi connectivity index (χ1v) is 11.1. The van der Waals surface area contributed by atoms with Crippen LogP contribution >= 0.6 is 11.6 Å². The Morgan fingerprint density at radius 1 is 1.27 bits per heavy atom. The second kappa shape index (κ2) is 7.33. The van der Waals surface area contributed by atoms with Crippen LogP contribution in [0.4, 0.5) is 10.2 Å². The topological polar surface area (TPSA) is 119 Å². The Labute approximate surface area is 192 Å². The molecule has 1 aromatic carbocycles. The van der Waals surface area contributed by atoms with Crippen molar-refractivity contribution in [2.24, 2.45) is 5.92 Å². The van der Waals surface area contributed by atoms with Gasteiger partial charge in [0, 0.05) is 11.6 Å². The van der Waals surface area contributed by atoms with Crippen molar-refractivity contribution < 1.29 is 19.3 Å². The third kappa shape index (κ3) is 3.11. The van der Waals surface area contributed by atoms with Crippen LogP contribution in [0.5, 0.6) is 0 Å². The largest absolute Gasteiger partial charge is 0.385 e. The second-order valence-electron chi connectivity index (χ2n) is 8.89. The van der Waals surface area contributed by atoms with Crippen LogP contribution in [-0.2, 0) is 11.2 Å². The van der Waals surface area contributed by atoms with E-state index in [2.05, 4.69) is 15.0 Å². The van der Waals surface area contributed by atoms with Gasteiger partial charge in [-0.1, -0.05) is 23.7 Å². The SMILES string of the molecule is Nc1nc2cc(CC3CC[C@@]4(O)[C@@H]3O[C@@H](n3ccc5c(Cl)ncnc53)[C@@H]4O)ccc2cc1F. The molecule has 170 valence electrons. The van der Waals surface area contributed by atoms with Crippen molar-refractivity contribution in [1.82, 2.24) is 19.5 Å². The Kier molecular flexibility index (Phi) is 4.60. The lowest BCUT2D eigenvalue weighted by molar-refractivity contribution is -0.0675. The molecule has 0 spiro atoms. The molecule has 6 rings (SSSR count). The van der Waals surface area contributed by atoms with Crippen LogP contribution in [0.3, 0.4) is 0 Å². The fourth-order valence-corrected chi connectivity index (χ4v) is 5.53. The summed E-state index contributed by atoms with van der Waals surface area (Å²) < 4.78 is 21.7. The van der Waals surface area contributed by atoms with E-state index in [0.717, 1.165) is 5.56 Å². The fourth-order valence-electron chi connectivity index (χ4n) is 5.34. The molecular formula is C23H21ClFN5O3. The molecule has 10 heteroatoms. The Morgan fingerprint density at radius 3 is 2.97 bits per heavy atom. The molecule has 0 bridgehead atoms. The normalized spacial score (nSPS) is 29.2. The molecule has 2 aliphatic rings. The van der Waals surface area contributed by atoms with Gasteiger partial charge in [0.2, 0.25) is 0 Å². The number of benzene rings is 1. The van der Waals surface area contributed by atoms with Crippen LogP contribution in [-0.4, -0.2) is 47.5 Å². The number of rotatable bonds is 3. The molecule has 4 heterocycles. The van der Waals surface area contributed by atoms with Crippen LogP contribution in [0.25, 0.3) is 21.9 Å². The second-order valence-corrected chi connectivity index (χ2v) is 9.25. The van der Waals surface area contributed by atoms with E-state index in [0.29, 0.717) is 46.4 Å². The Hall–Kier alpha value is -2.85. The zero-order valence-electron chi connectivity index (χ0n) is 17.4. The van der Waals surface area contributed by atoms with Gasteiger partial charge in [-0.05, 0) is 48.9 Å². The number of aliphatic hydroxyl groups is 2. The number of anilines is 1. The van der Waals surface area contributed by atoms with Crippen molar-refractivity contribution in [2.45, 2.75) is 43.3 Å². The molecule has 0 radical (unpaired) electrons. The van der Waals surface area contributed by atoms with Crippen LogP contribution < -0.4 is 5.73 Å². The van der Waals surface area contributed by atoms with E-state index in [1.54, 1.807) is 16.8 Å². The van der Waals surface area contributed by atoms with Crippen LogP contribution in [0.15, 0.2) is 42.9 Å². The third-order valence-electron chi connectivity index (χ3n) is 7.00. The van der Waals surface area contributed by atoms with E-state index >= 15 is 0 Å². The van der Waals surface area contributed by atoms with Gasteiger partial charge >= 0.3 is 0 Å². The minimum absolute atomic E-state index is 0.0232. The smallest absolute Gasteiger partial charge is 0.165 e. The van der Waals surface area contributed by atoms with Crippen molar-refractivity contribution in [3.8, 4) is 0 Å². The number of fused-ring (bicyclic) bond motifs is 3. The summed E-state index contributed by atoms with van der Waals surface area (Å²) in [4.78, 5) is 12.4. The van der Waals surface area contributed by atoms with Crippen molar-refractivity contribution in [2.75, 3.05) is 5.73 Å². The fraction of sp³-hybridized carbons (Fsp3) is 0.348. The van der Waals surface area contributed by atoms with E-state index in [1.165, 1.54) is 12.4 Å². The lowest BCUT2D eigenvalue weighted by Crippen LogP contribution is -2.45. The summed E-state index contributed by atoms with van der Waals surface area (Å²) in [5.41, 5.74) is 6.37. The predicted octanol–water partition coefficient (Wildman–Crippen LogP) is 3.00. The number of nitrogens with two attached hydrogens (primary N) is 1. The van der Waals surface area contributed by atoms with Crippen molar-refractivity contribution in [3.63, 3.8) is 0 Å². The first-order valence-electron chi connectivity index (χ1n) is 10.7. The number of aromatic nitrogens is 4. The highest BCUT2D eigenvalue weighted by atomic mass is 35.5. The number of nitrogen functional groups attached to an aromatic ring is 1. The maximum atomic E-state index is 13.7. The molecule has 1 saturated carbocycles. The number of ether oxygens (including phenoxy) is 1. The van der Waals surface area contributed by atoms with Crippen LogP contribution in [0.2, 0.25) is 5.15 Å². The number of halogens is 2. The maximum Gasteiger partial charge on any atom is 0.165 e. The van der Waals surface area contributed by atoms with Crippen molar-refractivity contribution >= 4 is 39.4 Å². The first kappa shape index (κ1) is 20.7. The van der Waals surface area contributed by atoms with Gasteiger partial charge in [0.25, 0.3) is 0 Å².